The Labute approximate surface area is 158 Å². The monoisotopic (exact) mass is 378 g/mol. The van der Waals surface area contributed by atoms with E-state index in [9.17, 15) is 4.79 Å². The van der Waals surface area contributed by atoms with Gasteiger partial charge in [-0.15, -0.1) is 0 Å². The van der Waals surface area contributed by atoms with Crippen molar-refractivity contribution in [1.29, 1.82) is 0 Å². The Morgan fingerprint density at radius 1 is 1.04 bits per heavy atom. The Hall–Kier alpha value is -3.52. The largest absolute Gasteiger partial charge is 0.495 e. The summed E-state index contributed by atoms with van der Waals surface area (Å²) in [7, 11) is 1.59. The number of carbonyl (C=O) groups excluding carboxylic acids is 1. The smallest absolute Gasteiger partial charge is 0.418 e. The summed E-state index contributed by atoms with van der Waals surface area (Å²) < 4.78 is 10.4. The van der Waals surface area contributed by atoms with E-state index < -0.39 is 6.09 Å². The van der Waals surface area contributed by atoms with Gasteiger partial charge < -0.3 is 9.47 Å². The van der Waals surface area contributed by atoms with Crippen LogP contribution in [0.4, 0.5) is 9.93 Å². The van der Waals surface area contributed by atoms with Crippen LogP contribution in [-0.2, 0) is 0 Å². The zero-order valence-electron chi connectivity index (χ0n) is 14.2. The molecule has 8 heteroatoms. The summed E-state index contributed by atoms with van der Waals surface area (Å²) in [6, 6.07) is 14.4. The topological polar surface area (TPSA) is 86.2 Å². The van der Waals surface area contributed by atoms with Crippen molar-refractivity contribution in [3.05, 3.63) is 60.9 Å². The highest BCUT2D eigenvalue weighted by Gasteiger charge is 2.12. The molecule has 27 heavy (non-hydrogen) atoms. The third kappa shape index (κ3) is 3.85. The molecule has 7 nitrogen and oxygen atoms in total. The number of anilines is 1. The molecule has 0 radical (unpaired) electrons. The predicted octanol–water partition coefficient (Wildman–Crippen LogP) is 4.37. The summed E-state index contributed by atoms with van der Waals surface area (Å²) in [5, 5.41) is 3.05. The normalized spacial score (nSPS) is 10.6. The number of fused-ring (bicyclic) bond motifs is 1. The summed E-state index contributed by atoms with van der Waals surface area (Å²) in [6.45, 7) is 0. The fourth-order valence-corrected chi connectivity index (χ4v) is 3.23. The van der Waals surface area contributed by atoms with E-state index in [2.05, 4.69) is 20.3 Å². The van der Waals surface area contributed by atoms with Gasteiger partial charge in [0.15, 0.2) is 5.13 Å². The quantitative estimate of drug-likeness (QED) is 0.567. The lowest BCUT2D eigenvalue weighted by atomic mass is 10.2. The second-order valence-electron chi connectivity index (χ2n) is 5.48. The molecule has 0 aliphatic carbocycles. The Balaban J connectivity index is 1.54. The molecule has 4 rings (SSSR count). The highest BCUT2D eigenvalue weighted by atomic mass is 32.1. The maximum absolute atomic E-state index is 12.0. The number of pyridine rings is 2. The van der Waals surface area contributed by atoms with Gasteiger partial charge in [-0.2, -0.15) is 0 Å². The molecule has 4 aromatic rings. The van der Waals surface area contributed by atoms with Crippen LogP contribution in [0.25, 0.3) is 21.6 Å². The van der Waals surface area contributed by atoms with Gasteiger partial charge in [0.1, 0.15) is 21.8 Å². The molecule has 3 aromatic heterocycles. The highest BCUT2D eigenvalue weighted by Crippen LogP contribution is 2.28. The van der Waals surface area contributed by atoms with Crippen molar-refractivity contribution in [2.24, 2.45) is 0 Å². The minimum absolute atomic E-state index is 0.416. The van der Waals surface area contributed by atoms with E-state index in [0.29, 0.717) is 27.0 Å². The average molecular weight is 378 g/mol. The van der Waals surface area contributed by atoms with Crippen molar-refractivity contribution in [1.82, 2.24) is 15.0 Å². The van der Waals surface area contributed by atoms with Crippen LogP contribution >= 0.6 is 11.3 Å². The maximum Gasteiger partial charge on any atom is 0.418 e. The van der Waals surface area contributed by atoms with Crippen LogP contribution in [0.5, 0.6) is 11.5 Å². The summed E-state index contributed by atoms with van der Waals surface area (Å²) in [6.07, 6.45) is 2.75. The molecule has 0 saturated heterocycles. The zero-order chi connectivity index (χ0) is 18.6. The Bertz CT molecular complexity index is 1100. The van der Waals surface area contributed by atoms with E-state index in [1.807, 2.05) is 24.3 Å². The Morgan fingerprint density at radius 3 is 2.70 bits per heavy atom. The molecule has 134 valence electrons. The minimum Gasteiger partial charge on any atom is -0.495 e. The maximum atomic E-state index is 12.0. The van der Waals surface area contributed by atoms with Crippen molar-refractivity contribution in [3.8, 4) is 22.8 Å². The molecule has 0 spiro atoms. The van der Waals surface area contributed by atoms with Gasteiger partial charge in [0.2, 0.25) is 0 Å². The van der Waals surface area contributed by atoms with Crippen molar-refractivity contribution < 1.29 is 14.3 Å². The van der Waals surface area contributed by atoms with E-state index in [1.54, 1.807) is 43.8 Å². The van der Waals surface area contributed by atoms with Crippen LogP contribution in [0.2, 0.25) is 0 Å². The van der Waals surface area contributed by atoms with Crippen molar-refractivity contribution in [2.75, 3.05) is 12.4 Å². The fourth-order valence-electron chi connectivity index (χ4n) is 2.41. The first-order valence-corrected chi connectivity index (χ1v) is 8.84. The third-order valence-corrected chi connectivity index (χ3v) is 4.54. The summed E-state index contributed by atoms with van der Waals surface area (Å²) in [5.74, 6) is 1.12. The first-order chi connectivity index (χ1) is 13.2. The van der Waals surface area contributed by atoms with Gasteiger partial charge >= 0.3 is 6.09 Å². The van der Waals surface area contributed by atoms with Gasteiger partial charge in [-0.1, -0.05) is 29.5 Å². The van der Waals surface area contributed by atoms with Crippen LogP contribution in [0.15, 0.2) is 60.9 Å². The molecule has 0 aliphatic heterocycles. The molecule has 0 unspecified atom stereocenters. The van der Waals surface area contributed by atoms with Gasteiger partial charge in [0, 0.05) is 11.8 Å². The van der Waals surface area contributed by atoms with Crippen molar-refractivity contribution in [3.63, 3.8) is 0 Å². The number of rotatable bonds is 4. The van der Waals surface area contributed by atoms with E-state index >= 15 is 0 Å². The number of methoxy groups -OCH3 is 1. The standard InChI is InChI=1S/C19H14N4O3S/c1-25-14-9-12(10-20-11-14)15-7-8-16-17(21-15)27-18(22-16)23-19(24)26-13-5-3-2-4-6-13/h2-11H,1H3,(H,22,23,24). The number of carbonyl (C=O) groups is 1. The fraction of sp³-hybridized carbons (Fsp3) is 0.0526. The highest BCUT2D eigenvalue weighted by molar-refractivity contribution is 7.21. The van der Waals surface area contributed by atoms with Crippen molar-refractivity contribution in [2.45, 2.75) is 0 Å². The van der Waals surface area contributed by atoms with E-state index in [0.717, 1.165) is 11.3 Å². The number of benzene rings is 1. The number of nitrogens with one attached hydrogen (secondary N) is 1. The number of hydrogen-bond donors (Lipinski definition) is 1. The number of hydrogen-bond acceptors (Lipinski definition) is 7. The average Bonchev–Trinajstić information content (AvgIpc) is 3.10. The molecule has 0 fully saturated rings. The lowest BCUT2D eigenvalue weighted by Gasteiger charge is -2.03. The van der Waals surface area contributed by atoms with E-state index in [4.69, 9.17) is 9.47 Å². The summed E-state index contributed by atoms with van der Waals surface area (Å²) in [5.41, 5.74) is 2.27. The van der Waals surface area contributed by atoms with Gasteiger partial charge in [0.05, 0.1) is 19.0 Å². The van der Waals surface area contributed by atoms with Crippen LogP contribution in [0.3, 0.4) is 0 Å². The van der Waals surface area contributed by atoms with Gasteiger partial charge in [-0.3, -0.25) is 10.3 Å². The molecule has 1 N–H and O–H groups in total. The van der Waals surface area contributed by atoms with Crippen LogP contribution in [0, 0.1) is 0 Å². The summed E-state index contributed by atoms with van der Waals surface area (Å²) >= 11 is 1.27. The SMILES string of the molecule is COc1cncc(-c2ccc3nc(NC(=O)Oc4ccccc4)sc3n2)c1. The molecule has 0 saturated carbocycles. The lowest BCUT2D eigenvalue weighted by molar-refractivity contribution is 0.215. The Morgan fingerprint density at radius 2 is 1.89 bits per heavy atom. The molecular formula is C19H14N4O3S. The predicted molar refractivity (Wildman–Crippen MR) is 103 cm³/mol. The van der Waals surface area contributed by atoms with E-state index in [1.165, 1.54) is 11.3 Å². The zero-order valence-corrected chi connectivity index (χ0v) is 15.1. The number of ether oxygens (including phenoxy) is 2. The van der Waals surface area contributed by atoms with Gasteiger partial charge in [-0.25, -0.2) is 14.8 Å². The second-order valence-corrected chi connectivity index (χ2v) is 6.46. The number of aromatic nitrogens is 3. The number of thiazole rings is 1. The molecular weight excluding hydrogens is 364 g/mol. The van der Waals surface area contributed by atoms with Crippen molar-refractivity contribution >= 4 is 32.9 Å². The first-order valence-electron chi connectivity index (χ1n) is 8.02. The Kier molecular flexibility index (Phi) is 4.63. The molecule has 1 amide bonds. The minimum atomic E-state index is -0.600. The van der Waals surface area contributed by atoms with Gasteiger partial charge in [0.25, 0.3) is 0 Å². The number of nitrogens with zero attached hydrogens (tertiary/aromatic N) is 3. The second kappa shape index (κ2) is 7.38. The number of para-hydroxylation sites is 1. The van der Waals surface area contributed by atoms with Crippen LogP contribution < -0.4 is 14.8 Å². The first kappa shape index (κ1) is 16.9. The molecule has 0 aliphatic rings. The molecule has 1 aromatic carbocycles. The molecule has 3 heterocycles. The lowest BCUT2D eigenvalue weighted by Crippen LogP contribution is -2.16. The summed E-state index contributed by atoms with van der Waals surface area (Å²) in [4.78, 5) is 25.8. The number of amides is 1. The van der Waals surface area contributed by atoms with E-state index in [-0.39, 0.29) is 0 Å². The van der Waals surface area contributed by atoms with Crippen LogP contribution in [-0.4, -0.2) is 28.2 Å². The molecule has 0 atom stereocenters. The molecule has 0 bridgehead atoms. The van der Waals surface area contributed by atoms with Gasteiger partial charge in [-0.05, 0) is 30.3 Å². The third-order valence-electron chi connectivity index (χ3n) is 3.66. The van der Waals surface area contributed by atoms with Crippen LogP contribution in [0.1, 0.15) is 0 Å².